The number of alkyl halides is 3. The van der Waals surface area contributed by atoms with Crippen LogP contribution in [-0.2, 0) is 17.5 Å². The highest BCUT2D eigenvalue weighted by molar-refractivity contribution is 6.42. The van der Waals surface area contributed by atoms with Gasteiger partial charge in [0.2, 0.25) is 5.91 Å². The van der Waals surface area contributed by atoms with E-state index in [0.29, 0.717) is 17.7 Å². The summed E-state index contributed by atoms with van der Waals surface area (Å²) in [5.74, 6) is -1.02. The normalized spacial score (nSPS) is 19.8. The van der Waals surface area contributed by atoms with Crippen LogP contribution in [0.2, 0.25) is 10.0 Å². The molecule has 0 unspecified atom stereocenters. The fourth-order valence-corrected chi connectivity index (χ4v) is 5.10. The van der Waals surface area contributed by atoms with Gasteiger partial charge >= 0.3 is 6.18 Å². The molecule has 1 aliphatic carbocycles. The molecule has 1 aliphatic heterocycles. The Kier molecular flexibility index (Phi) is 6.89. The summed E-state index contributed by atoms with van der Waals surface area (Å²) in [6.45, 7) is -0.408. The average molecular weight is 552 g/mol. The highest BCUT2D eigenvalue weighted by atomic mass is 35.5. The molecule has 3 heterocycles. The predicted octanol–water partition coefficient (Wildman–Crippen LogP) is 5.25. The molecule has 2 amide bonds. The average Bonchev–Trinajstić information content (AvgIpc) is 3.49. The van der Waals surface area contributed by atoms with Crippen molar-refractivity contribution in [2.75, 3.05) is 6.54 Å². The van der Waals surface area contributed by atoms with Crippen LogP contribution >= 0.6 is 23.2 Å². The summed E-state index contributed by atoms with van der Waals surface area (Å²) >= 11 is 12.7. The number of hydrogen-bond donors (Lipinski definition) is 1. The van der Waals surface area contributed by atoms with Crippen molar-refractivity contribution in [1.82, 2.24) is 25.0 Å². The molecular formula is C25H22Cl2F3N5O2. The van der Waals surface area contributed by atoms with E-state index in [1.165, 1.54) is 11.1 Å². The first-order valence-electron chi connectivity index (χ1n) is 11.7. The van der Waals surface area contributed by atoms with E-state index in [4.69, 9.17) is 23.2 Å². The minimum Gasteiger partial charge on any atom is -0.345 e. The van der Waals surface area contributed by atoms with E-state index in [-0.39, 0.29) is 28.2 Å². The van der Waals surface area contributed by atoms with Crippen LogP contribution in [-0.4, -0.2) is 44.1 Å². The van der Waals surface area contributed by atoms with Crippen LogP contribution in [0.5, 0.6) is 0 Å². The molecule has 1 saturated carbocycles. The van der Waals surface area contributed by atoms with Crippen LogP contribution in [0.25, 0.3) is 0 Å². The second-order valence-corrected chi connectivity index (χ2v) is 9.93. The number of nitrogens with zero attached hydrogens (tertiary/aromatic N) is 4. The zero-order valence-electron chi connectivity index (χ0n) is 19.4. The van der Waals surface area contributed by atoms with Gasteiger partial charge in [-0.25, -0.2) is 0 Å². The SMILES string of the molecule is O=C(N[C@@H]1CCN(C(=O)Cn2nc(C3CC3)cc2C(F)(F)F)[C@@H]1c1cccc(Cl)c1Cl)c1ccccn1. The lowest BCUT2D eigenvalue weighted by molar-refractivity contribution is -0.146. The topological polar surface area (TPSA) is 80.1 Å². The zero-order valence-corrected chi connectivity index (χ0v) is 20.9. The summed E-state index contributed by atoms with van der Waals surface area (Å²) in [4.78, 5) is 31.8. The van der Waals surface area contributed by atoms with Gasteiger partial charge in [-0.15, -0.1) is 0 Å². The number of carbonyl (C=O) groups is 2. The van der Waals surface area contributed by atoms with Gasteiger partial charge in [0.25, 0.3) is 5.91 Å². The molecule has 7 nitrogen and oxygen atoms in total. The van der Waals surface area contributed by atoms with Crippen molar-refractivity contribution in [2.45, 2.75) is 50.0 Å². The molecule has 2 aromatic heterocycles. The van der Waals surface area contributed by atoms with E-state index in [1.807, 2.05) is 0 Å². The van der Waals surface area contributed by atoms with Crippen molar-refractivity contribution < 1.29 is 22.8 Å². The molecule has 12 heteroatoms. The third-order valence-electron chi connectivity index (χ3n) is 6.60. The fourth-order valence-electron chi connectivity index (χ4n) is 4.68. The van der Waals surface area contributed by atoms with E-state index in [9.17, 15) is 22.8 Å². The smallest absolute Gasteiger partial charge is 0.345 e. The maximum absolute atomic E-state index is 13.7. The standard InChI is InChI=1S/C25H22Cl2F3N5O2/c26-16-5-3-4-15(22(16)27)23-17(32-24(37)18-6-1-2-10-31-18)9-11-34(23)21(36)13-35-20(25(28,29)30)12-19(33-35)14-7-8-14/h1-6,10,12,14,17,23H,7-9,11,13H2,(H,32,37)/t17-,23-/m1/s1. The Morgan fingerprint density at radius 1 is 1.08 bits per heavy atom. The Bertz CT molecular complexity index is 1330. The number of hydrogen-bond acceptors (Lipinski definition) is 4. The molecule has 2 atom stereocenters. The molecule has 0 spiro atoms. The van der Waals surface area contributed by atoms with Gasteiger partial charge in [-0.2, -0.15) is 18.3 Å². The van der Waals surface area contributed by atoms with Crippen LogP contribution in [0.4, 0.5) is 13.2 Å². The molecular weight excluding hydrogens is 530 g/mol. The van der Waals surface area contributed by atoms with Gasteiger partial charge in [-0.3, -0.25) is 19.3 Å². The summed E-state index contributed by atoms with van der Waals surface area (Å²) in [6, 6.07) is 9.56. The molecule has 2 fully saturated rings. The maximum atomic E-state index is 13.7. The number of halogens is 5. The lowest BCUT2D eigenvalue weighted by Gasteiger charge is -2.30. The Morgan fingerprint density at radius 3 is 2.54 bits per heavy atom. The van der Waals surface area contributed by atoms with E-state index in [1.54, 1.807) is 36.4 Å². The summed E-state index contributed by atoms with van der Waals surface area (Å²) in [7, 11) is 0. The van der Waals surface area contributed by atoms with Gasteiger partial charge in [-0.05, 0) is 49.1 Å². The Balaban J connectivity index is 1.44. The molecule has 5 rings (SSSR count). The van der Waals surface area contributed by atoms with Gasteiger partial charge in [0, 0.05) is 18.7 Å². The largest absolute Gasteiger partial charge is 0.433 e. The van der Waals surface area contributed by atoms with Crippen molar-refractivity contribution in [3.8, 4) is 0 Å². The molecule has 37 heavy (non-hydrogen) atoms. The van der Waals surface area contributed by atoms with Crippen LogP contribution in [0.15, 0.2) is 48.7 Å². The summed E-state index contributed by atoms with van der Waals surface area (Å²) in [5.41, 5.74) is 0.0690. The number of nitrogens with one attached hydrogen (secondary N) is 1. The van der Waals surface area contributed by atoms with Crippen LogP contribution in [0.1, 0.15) is 58.7 Å². The molecule has 1 aromatic carbocycles. The monoisotopic (exact) mass is 551 g/mol. The molecule has 3 aromatic rings. The number of amides is 2. The third kappa shape index (κ3) is 5.31. The second kappa shape index (κ2) is 9.98. The molecule has 1 N–H and O–H groups in total. The first-order chi connectivity index (χ1) is 17.6. The van der Waals surface area contributed by atoms with Gasteiger partial charge in [-0.1, -0.05) is 41.4 Å². The van der Waals surface area contributed by atoms with Crippen LogP contribution < -0.4 is 5.32 Å². The van der Waals surface area contributed by atoms with E-state index in [0.717, 1.165) is 23.6 Å². The lowest BCUT2D eigenvalue weighted by Crippen LogP contribution is -2.42. The lowest BCUT2D eigenvalue weighted by atomic mass is 9.99. The molecule has 0 radical (unpaired) electrons. The first kappa shape index (κ1) is 25.5. The molecule has 0 bridgehead atoms. The minimum atomic E-state index is -4.65. The molecule has 194 valence electrons. The Hall–Kier alpha value is -3.11. The quantitative estimate of drug-likeness (QED) is 0.453. The molecule has 1 saturated heterocycles. The highest BCUT2D eigenvalue weighted by Crippen LogP contribution is 2.42. The number of pyridine rings is 1. The Labute approximate surface area is 220 Å². The van der Waals surface area contributed by atoms with Gasteiger partial charge in [0.05, 0.1) is 27.8 Å². The second-order valence-electron chi connectivity index (χ2n) is 9.14. The predicted molar refractivity (Wildman–Crippen MR) is 130 cm³/mol. The van der Waals surface area contributed by atoms with Crippen molar-refractivity contribution in [3.63, 3.8) is 0 Å². The summed E-state index contributed by atoms with van der Waals surface area (Å²) in [5, 5.41) is 7.48. The van der Waals surface area contributed by atoms with Crippen molar-refractivity contribution >= 4 is 35.0 Å². The van der Waals surface area contributed by atoms with Crippen LogP contribution in [0, 0.1) is 0 Å². The van der Waals surface area contributed by atoms with Crippen molar-refractivity contribution in [3.05, 3.63) is 81.4 Å². The van der Waals surface area contributed by atoms with Gasteiger partial charge in [0.1, 0.15) is 17.9 Å². The maximum Gasteiger partial charge on any atom is 0.433 e. The highest BCUT2D eigenvalue weighted by Gasteiger charge is 2.42. The number of rotatable bonds is 6. The van der Waals surface area contributed by atoms with Gasteiger partial charge in [0.15, 0.2) is 0 Å². The fraction of sp³-hybridized carbons (Fsp3) is 0.360. The van der Waals surface area contributed by atoms with Gasteiger partial charge < -0.3 is 10.2 Å². The van der Waals surface area contributed by atoms with Crippen molar-refractivity contribution in [1.29, 1.82) is 0 Å². The van der Waals surface area contributed by atoms with E-state index in [2.05, 4.69) is 15.4 Å². The number of aromatic nitrogens is 3. The molecule has 2 aliphatic rings. The summed E-state index contributed by atoms with van der Waals surface area (Å²) < 4.78 is 41.9. The van der Waals surface area contributed by atoms with E-state index >= 15 is 0 Å². The number of benzene rings is 1. The zero-order chi connectivity index (χ0) is 26.3. The Morgan fingerprint density at radius 2 is 1.86 bits per heavy atom. The van der Waals surface area contributed by atoms with Crippen molar-refractivity contribution in [2.24, 2.45) is 0 Å². The third-order valence-corrected chi connectivity index (χ3v) is 7.44. The summed E-state index contributed by atoms with van der Waals surface area (Å²) in [6.07, 6.45) is -1.25. The number of likely N-dealkylation sites (tertiary alicyclic amines) is 1. The first-order valence-corrected chi connectivity index (χ1v) is 12.5. The number of carbonyl (C=O) groups excluding carboxylic acids is 2. The minimum absolute atomic E-state index is 0.00607. The van der Waals surface area contributed by atoms with E-state index < -0.39 is 42.3 Å². The van der Waals surface area contributed by atoms with Crippen LogP contribution in [0.3, 0.4) is 0 Å².